The van der Waals surface area contributed by atoms with Gasteiger partial charge in [0.2, 0.25) is 0 Å². The Bertz CT molecular complexity index is 1120. The maximum atomic E-state index is 12.6. The second kappa shape index (κ2) is 8.75. The zero-order valence-corrected chi connectivity index (χ0v) is 17.1. The lowest BCUT2D eigenvalue weighted by molar-refractivity contribution is 0.414. The minimum atomic E-state index is -0.204. The standard InChI is InChI=1S/C20H24N6O2.ClH/c1-14-3-2-4-18-23-16(9-20(28)26(14)18)13-25-19(27)10-17(12-22-25)24-7-5-15(11-21)6-8-24;/h2-4,9-10,12,15H,5-8,11,13,21H2,1H3;1H. The molecule has 9 heteroatoms. The number of piperidine rings is 1. The number of anilines is 1. The van der Waals surface area contributed by atoms with E-state index >= 15 is 0 Å². The number of aryl methyl sites for hydroxylation is 1. The number of nitrogens with two attached hydrogens (primary N) is 1. The van der Waals surface area contributed by atoms with Crippen molar-refractivity contribution in [3.63, 3.8) is 0 Å². The molecule has 3 aromatic heterocycles. The molecule has 0 amide bonds. The first-order valence-corrected chi connectivity index (χ1v) is 9.55. The Labute approximate surface area is 174 Å². The van der Waals surface area contributed by atoms with Crippen molar-refractivity contribution in [1.82, 2.24) is 19.2 Å². The topological polar surface area (TPSA) is 98.5 Å². The predicted molar refractivity (Wildman–Crippen MR) is 115 cm³/mol. The highest BCUT2D eigenvalue weighted by Crippen LogP contribution is 2.20. The van der Waals surface area contributed by atoms with Crippen molar-refractivity contribution < 1.29 is 0 Å². The van der Waals surface area contributed by atoms with E-state index in [9.17, 15) is 9.59 Å². The molecule has 0 spiro atoms. The molecule has 29 heavy (non-hydrogen) atoms. The number of hydrogen-bond acceptors (Lipinski definition) is 6. The van der Waals surface area contributed by atoms with Gasteiger partial charge in [-0.15, -0.1) is 12.4 Å². The van der Waals surface area contributed by atoms with E-state index in [1.54, 1.807) is 22.7 Å². The Morgan fingerprint density at radius 2 is 1.90 bits per heavy atom. The van der Waals surface area contributed by atoms with Crippen LogP contribution in [0.2, 0.25) is 0 Å². The highest BCUT2D eigenvalue weighted by molar-refractivity contribution is 5.85. The first-order chi connectivity index (χ1) is 13.5. The number of rotatable bonds is 4. The van der Waals surface area contributed by atoms with E-state index in [0.29, 0.717) is 23.8 Å². The van der Waals surface area contributed by atoms with E-state index in [4.69, 9.17) is 5.73 Å². The number of nitrogens with zero attached hydrogens (tertiary/aromatic N) is 5. The lowest BCUT2D eigenvalue weighted by atomic mass is 9.97. The molecule has 8 nitrogen and oxygen atoms in total. The monoisotopic (exact) mass is 416 g/mol. The van der Waals surface area contributed by atoms with Crippen LogP contribution in [-0.4, -0.2) is 38.8 Å². The van der Waals surface area contributed by atoms with E-state index in [1.165, 1.54) is 10.7 Å². The fraction of sp³-hybridized carbons (Fsp3) is 0.400. The maximum Gasteiger partial charge on any atom is 0.269 e. The normalized spacial score (nSPS) is 14.8. The summed E-state index contributed by atoms with van der Waals surface area (Å²) in [5, 5.41) is 4.30. The zero-order valence-electron chi connectivity index (χ0n) is 16.3. The summed E-state index contributed by atoms with van der Waals surface area (Å²) in [5.41, 5.74) is 8.11. The highest BCUT2D eigenvalue weighted by Gasteiger charge is 2.19. The molecule has 0 bridgehead atoms. The molecule has 1 aliphatic rings. The van der Waals surface area contributed by atoms with Crippen molar-refractivity contribution in [3.8, 4) is 0 Å². The molecule has 0 radical (unpaired) electrons. The van der Waals surface area contributed by atoms with E-state index in [1.807, 2.05) is 19.1 Å². The molecule has 1 fully saturated rings. The number of halogens is 1. The van der Waals surface area contributed by atoms with Gasteiger partial charge in [0.25, 0.3) is 11.1 Å². The van der Waals surface area contributed by atoms with Gasteiger partial charge in [-0.3, -0.25) is 14.0 Å². The van der Waals surface area contributed by atoms with Gasteiger partial charge in [-0.2, -0.15) is 5.10 Å². The number of pyridine rings is 1. The van der Waals surface area contributed by atoms with Crippen LogP contribution in [0.1, 0.15) is 24.2 Å². The fourth-order valence-electron chi connectivity index (χ4n) is 3.74. The van der Waals surface area contributed by atoms with Crippen LogP contribution in [0.15, 0.2) is 46.1 Å². The third kappa shape index (κ3) is 4.33. The third-order valence-electron chi connectivity index (χ3n) is 5.41. The quantitative estimate of drug-likeness (QED) is 0.686. The first kappa shape index (κ1) is 21.0. The van der Waals surface area contributed by atoms with Crippen LogP contribution in [0.3, 0.4) is 0 Å². The van der Waals surface area contributed by atoms with Crippen LogP contribution in [-0.2, 0) is 6.54 Å². The number of fused-ring (bicyclic) bond motifs is 1. The van der Waals surface area contributed by atoms with Gasteiger partial charge in [0.1, 0.15) is 5.65 Å². The van der Waals surface area contributed by atoms with Gasteiger partial charge in [-0.25, -0.2) is 9.67 Å². The van der Waals surface area contributed by atoms with Crippen molar-refractivity contribution in [1.29, 1.82) is 0 Å². The van der Waals surface area contributed by atoms with Crippen LogP contribution >= 0.6 is 12.4 Å². The summed E-state index contributed by atoms with van der Waals surface area (Å²) in [4.78, 5) is 31.6. The molecule has 0 saturated carbocycles. The zero-order chi connectivity index (χ0) is 19.7. The summed E-state index contributed by atoms with van der Waals surface area (Å²) in [6.45, 7) is 4.50. The van der Waals surface area contributed by atoms with Gasteiger partial charge in [0, 0.05) is 30.9 Å². The van der Waals surface area contributed by atoms with Gasteiger partial charge in [0.05, 0.1) is 24.1 Å². The minimum Gasteiger partial charge on any atom is -0.370 e. The van der Waals surface area contributed by atoms with E-state index < -0.39 is 0 Å². The Kier molecular flexibility index (Phi) is 6.34. The summed E-state index contributed by atoms with van der Waals surface area (Å²) in [6.07, 6.45) is 3.77. The molecule has 2 N–H and O–H groups in total. The Morgan fingerprint density at radius 1 is 1.14 bits per heavy atom. The lowest BCUT2D eigenvalue weighted by Gasteiger charge is -2.32. The van der Waals surface area contributed by atoms with Gasteiger partial charge < -0.3 is 10.6 Å². The molecule has 1 saturated heterocycles. The van der Waals surface area contributed by atoms with E-state index in [-0.39, 0.29) is 30.1 Å². The van der Waals surface area contributed by atoms with Crippen molar-refractivity contribution in [2.75, 3.05) is 24.5 Å². The first-order valence-electron chi connectivity index (χ1n) is 9.55. The summed E-state index contributed by atoms with van der Waals surface area (Å²) in [7, 11) is 0. The average molecular weight is 417 g/mol. The van der Waals surface area contributed by atoms with Gasteiger partial charge in [0.15, 0.2) is 0 Å². The number of aromatic nitrogens is 4. The van der Waals surface area contributed by atoms with E-state index in [2.05, 4.69) is 15.0 Å². The van der Waals surface area contributed by atoms with Crippen LogP contribution < -0.4 is 21.8 Å². The summed E-state index contributed by atoms with van der Waals surface area (Å²) in [6, 6.07) is 8.56. The van der Waals surface area contributed by atoms with Crippen LogP contribution in [0, 0.1) is 12.8 Å². The molecule has 154 valence electrons. The molecule has 3 aromatic rings. The van der Waals surface area contributed by atoms with E-state index in [0.717, 1.165) is 37.3 Å². The second-order valence-corrected chi connectivity index (χ2v) is 7.32. The van der Waals surface area contributed by atoms with Crippen molar-refractivity contribution in [2.24, 2.45) is 11.7 Å². The third-order valence-corrected chi connectivity index (χ3v) is 5.41. The minimum absolute atomic E-state index is 0. The Hall–Kier alpha value is -2.71. The molecular formula is C20H25ClN6O2. The van der Waals surface area contributed by atoms with Gasteiger partial charge >= 0.3 is 0 Å². The Balaban J connectivity index is 0.00000240. The summed E-state index contributed by atoms with van der Waals surface area (Å²) in [5.74, 6) is 0.561. The molecule has 0 atom stereocenters. The summed E-state index contributed by atoms with van der Waals surface area (Å²) >= 11 is 0. The molecular weight excluding hydrogens is 392 g/mol. The van der Waals surface area contributed by atoms with Crippen LogP contribution in [0.5, 0.6) is 0 Å². The molecule has 0 unspecified atom stereocenters. The van der Waals surface area contributed by atoms with Crippen molar-refractivity contribution in [3.05, 3.63) is 68.6 Å². The highest BCUT2D eigenvalue weighted by atomic mass is 35.5. The van der Waals surface area contributed by atoms with Crippen molar-refractivity contribution >= 4 is 23.7 Å². The van der Waals surface area contributed by atoms with Crippen LogP contribution in [0.25, 0.3) is 5.65 Å². The molecule has 0 aliphatic carbocycles. The molecule has 4 heterocycles. The van der Waals surface area contributed by atoms with Crippen LogP contribution in [0.4, 0.5) is 5.69 Å². The lowest BCUT2D eigenvalue weighted by Crippen LogP contribution is -2.37. The van der Waals surface area contributed by atoms with Crippen molar-refractivity contribution in [2.45, 2.75) is 26.3 Å². The predicted octanol–water partition coefficient (Wildman–Crippen LogP) is 1.20. The fourth-order valence-corrected chi connectivity index (χ4v) is 3.74. The van der Waals surface area contributed by atoms with Gasteiger partial charge in [-0.1, -0.05) is 6.07 Å². The average Bonchev–Trinajstić information content (AvgIpc) is 2.69. The Morgan fingerprint density at radius 3 is 2.59 bits per heavy atom. The summed E-state index contributed by atoms with van der Waals surface area (Å²) < 4.78 is 2.89. The second-order valence-electron chi connectivity index (χ2n) is 7.32. The molecule has 4 rings (SSSR count). The smallest absolute Gasteiger partial charge is 0.269 e. The SMILES string of the molecule is Cc1cccc2nc(Cn3ncc(N4CCC(CN)CC4)cc3=O)cc(=O)n12.Cl. The number of hydrogen-bond donors (Lipinski definition) is 1. The van der Waals surface area contributed by atoms with Gasteiger partial charge in [-0.05, 0) is 44.4 Å². The maximum absolute atomic E-state index is 12.6. The molecule has 0 aromatic carbocycles. The molecule has 1 aliphatic heterocycles. The largest absolute Gasteiger partial charge is 0.370 e.